The second-order valence-electron chi connectivity index (χ2n) is 4.29. The smallest absolute Gasteiger partial charge is 0.338 e. The Balaban J connectivity index is 1.91. The molecule has 2 rings (SSSR count). The summed E-state index contributed by atoms with van der Waals surface area (Å²) in [4.78, 5) is 23.3. The van der Waals surface area contributed by atoms with Crippen molar-refractivity contribution in [3.05, 3.63) is 64.7 Å². The van der Waals surface area contributed by atoms with Gasteiger partial charge >= 0.3 is 5.97 Å². The lowest BCUT2D eigenvalue weighted by atomic mass is 10.2. The molecular weight excluding hydrogens is 316 g/mol. The molecule has 0 aliphatic carbocycles. The first-order valence-corrected chi connectivity index (χ1v) is 6.50. The Morgan fingerprint density at radius 1 is 1.09 bits per heavy atom. The van der Waals surface area contributed by atoms with E-state index in [1.165, 1.54) is 12.1 Å². The van der Waals surface area contributed by atoms with Gasteiger partial charge in [0.05, 0.1) is 5.56 Å². The van der Waals surface area contributed by atoms with Crippen molar-refractivity contribution in [1.29, 1.82) is 0 Å². The maximum atomic E-state index is 13.0. The van der Waals surface area contributed by atoms with Gasteiger partial charge in [-0.05, 0) is 30.3 Å². The zero-order valence-corrected chi connectivity index (χ0v) is 11.9. The molecule has 0 saturated carbocycles. The molecule has 2 aromatic rings. The zero-order chi connectivity index (χ0) is 16.1. The number of hydrogen-bond donors (Lipinski definition) is 1. The lowest BCUT2D eigenvalue weighted by Gasteiger charge is -2.07. The van der Waals surface area contributed by atoms with Gasteiger partial charge in [-0.3, -0.25) is 4.79 Å². The molecule has 0 atom stereocenters. The topological polar surface area (TPSA) is 55.4 Å². The van der Waals surface area contributed by atoms with Crippen molar-refractivity contribution < 1.29 is 23.1 Å². The Hall–Kier alpha value is -2.47. The second kappa shape index (κ2) is 7.00. The van der Waals surface area contributed by atoms with Gasteiger partial charge < -0.3 is 10.1 Å². The molecule has 0 heterocycles. The number of hydrogen-bond acceptors (Lipinski definition) is 3. The molecule has 114 valence electrons. The third kappa shape index (κ3) is 4.53. The van der Waals surface area contributed by atoms with Crippen LogP contribution in [-0.4, -0.2) is 18.5 Å². The molecule has 0 saturated heterocycles. The highest BCUT2D eigenvalue weighted by atomic mass is 35.5. The van der Waals surface area contributed by atoms with Crippen LogP contribution in [0.5, 0.6) is 0 Å². The standard InChI is InChI=1S/C15H10ClF2NO3/c16-10-3-1-2-9(4-10)15(21)22-8-14(20)19-13-6-11(17)5-12(18)7-13/h1-7H,8H2,(H,19,20). The summed E-state index contributed by atoms with van der Waals surface area (Å²) >= 11 is 5.73. The molecule has 0 unspecified atom stereocenters. The molecule has 2 aromatic carbocycles. The summed E-state index contributed by atoms with van der Waals surface area (Å²) in [5.74, 6) is -3.11. The second-order valence-corrected chi connectivity index (χ2v) is 4.73. The summed E-state index contributed by atoms with van der Waals surface area (Å²) in [7, 11) is 0. The number of amides is 1. The fourth-order valence-corrected chi connectivity index (χ4v) is 1.84. The Bertz CT molecular complexity index is 701. The van der Waals surface area contributed by atoms with Gasteiger partial charge in [-0.1, -0.05) is 17.7 Å². The van der Waals surface area contributed by atoms with Crippen LogP contribution in [-0.2, 0) is 9.53 Å². The largest absolute Gasteiger partial charge is 0.452 e. The summed E-state index contributed by atoms with van der Waals surface area (Å²) in [5, 5.41) is 2.58. The van der Waals surface area contributed by atoms with Crippen molar-refractivity contribution in [1.82, 2.24) is 0 Å². The SMILES string of the molecule is O=C(COC(=O)c1cccc(Cl)c1)Nc1cc(F)cc(F)c1. The fourth-order valence-electron chi connectivity index (χ4n) is 1.65. The number of nitrogens with one attached hydrogen (secondary N) is 1. The highest BCUT2D eigenvalue weighted by Crippen LogP contribution is 2.13. The van der Waals surface area contributed by atoms with Crippen LogP contribution in [0.25, 0.3) is 0 Å². The van der Waals surface area contributed by atoms with Crippen LogP contribution in [0.15, 0.2) is 42.5 Å². The molecule has 0 fully saturated rings. The van der Waals surface area contributed by atoms with E-state index in [-0.39, 0.29) is 11.3 Å². The minimum absolute atomic E-state index is 0.0682. The van der Waals surface area contributed by atoms with Crippen molar-refractivity contribution in [2.45, 2.75) is 0 Å². The van der Waals surface area contributed by atoms with Gasteiger partial charge in [0.15, 0.2) is 6.61 Å². The van der Waals surface area contributed by atoms with Crippen molar-refractivity contribution in [3.63, 3.8) is 0 Å². The first kappa shape index (κ1) is 15.9. The van der Waals surface area contributed by atoms with Gasteiger partial charge in [-0.25, -0.2) is 13.6 Å². The predicted molar refractivity (Wildman–Crippen MR) is 76.7 cm³/mol. The van der Waals surface area contributed by atoms with E-state index in [1.54, 1.807) is 12.1 Å². The Labute approximate surface area is 129 Å². The number of anilines is 1. The lowest BCUT2D eigenvalue weighted by molar-refractivity contribution is -0.119. The molecule has 0 aromatic heterocycles. The van der Waals surface area contributed by atoms with Crippen LogP contribution in [0, 0.1) is 11.6 Å². The van der Waals surface area contributed by atoms with Gasteiger partial charge in [-0.2, -0.15) is 0 Å². The van der Waals surface area contributed by atoms with E-state index in [1.807, 2.05) is 0 Å². The molecule has 1 amide bonds. The van der Waals surface area contributed by atoms with E-state index in [0.717, 1.165) is 12.1 Å². The van der Waals surface area contributed by atoms with Crippen molar-refractivity contribution >= 4 is 29.2 Å². The molecule has 0 aliphatic rings. The predicted octanol–water partition coefficient (Wildman–Crippen LogP) is 3.41. The summed E-state index contributed by atoms with van der Waals surface area (Å²) in [6, 6.07) is 8.59. The average Bonchev–Trinajstić information content (AvgIpc) is 2.43. The first-order chi connectivity index (χ1) is 10.4. The molecule has 0 aliphatic heterocycles. The molecule has 0 bridgehead atoms. The van der Waals surface area contributed by atoms with Gasteiger partial charge in [0, 0.05) is 16.8 Å². The van der Waals surface area contributed by atoms with Gasteiger partial charge in [-0.15, -0.1) is 0 Å². The number of carbonyl (C=O) groups excluding carboxylic acids is 2. The van der Waals surface area contributed by atoms with E-state index in [4.69, 9.17) is 16.3 Å². The van der Waals surface area contributed by atoms with Gasteiger partial charge in [0.25, 0.3) is 5.91 Å². The van der Waals surface area contributed by atoms with E-state index < -0.39 is 30.1 Å². The first-order valence-electron chi connectivity index (χ1n) is 6.12. The number of rotatable bonds is 4. The third-order valence-electron chi connectivity index (χ3n) is 2.54. The summed E-state index contributed by atoms with van der Waals surface area (Å²) in [6.07, 6.45) is 0. The molecule has 4 nitrogen and oxygen atoms in total. The van der Waals surface area contributed by atoms with Gasteiger partial charge in [0.1, 0.15) is 11.6 Å². The summed E-state index contributed by atoms with van der Waals surface area (Å²) < 4.78 is 30.7. The Morgan fingerprint density at radius 3 is 2.41 bits per heavy atom. The number of esters is 1. The van der Waals surface area contributed by atoms with Crippen LogP contribution < -0.4 is 5.32 Å². The highest BCUT2D eigenvalue weighted by Gasteiger charge is 2.11. The van der Waals surface area contributed by atoms with Crippen LogP contribution in [0.1, 0.15) is 10.4 Å². The van der Waals surface area contributed by atoms with E-state index >= 15 is 0 Å². The van der Waals surface area contributed by atoms with Crippen molar-refractivity contribution in [2.24, 2.45) is 0 Å². The molecule has 7 heteroatoms. The number of halogens is 3. The molecule has 0 spiro atoms. The van der Waals surface area contributed by atoms with Crippen molar-refractivity contribution in [3.8, 4) is 0 Å². The number of ether oxygens (including phenoxy) is 1. The highest BCUT2D eigenvalue weighted by molar-refractivity contribution is 6.30. The third-order valence-corrected chi connectivity index (χ3v) is 2.78. The quantitative estimate of drug-likeness (QED) is 0.876. The van der Waals surface area contributed by atoms with E-state index in [2.05, 4.69) is 5.32 Å². The van der Waals surface area contributed by atoms with E-state index in [9.17, 15) is 18.4 Å². The maximum Gasteiger partial charge on any atom is 0.338 e. The molecule has 0 radical (unpaired) electrons. The zero-order valence-electron chi connectivity index (χ0n) is 11.1. The molecular formula is C15H10ClF2NO3. The van der Waals surface area contributed by atoms with Crippen LogP contribution in [0.3, 0.4) is 0 Å². The summed E-state index contributed by atoms with van der Waals surface area (Å²) in [5.41, 5.74) is 0.124. The van der Waals surface area contributed by atoms with Crippen LogP contribution >= 0.6 is 11.6 Å². The fraction of sp³-hybridized carbons (Fsp3) is 0.0667. The molecule has 1 N–H and O–H groups in total. The van der Waals surface area contributed by atoms with Crippen molar-refractivity contribution in [2.75, 3.05) is 11.9 Å². The van der Waals surface area contributed by atoms with E-state index in [0.29, 0.717) is 11.1 Å². The summed E-state index contributed by atoms with van der Waals surface area (Å²) in [6.45, 7) is -0.594. The van der Waals surface area contributed by atoms with Gasteiger partial charge in [0.2, 0.25) is 0 Å². The minimum atomic E-state index is -0.828. The normalized spacial score (nSPS) is 10.1. The number of benzene rings is 2. The minimum Gasteiger partial charge on any atom is -0.452 e. The Kier molecular flexibility index (Phi) is 5.06. The number of carbonyl (C=O) groups is 2. The molecule has 22 heavy (non-hydrogen) atoms. The van der Waals surface area contributed by atoms with Crippen LogP contribution in [0.2, 0.25) is 5.02 Å². The average molecular weight is 326 g/mol. The monoisotopic (exact) mass is 325 g/mol. The lowest BCUT2D eigenvalue weighted by Crippen LogP contribution is -2.21. The maximum absolute atomic E-state index is 13.0. The Morgan fingerprint density at radius 2 is 1.77 bits per heavy atom. The van der Waals surface area contributed by atoms with Crippen LogP contribution in [0.4, 0.5) is 14.5 Å².